The highest BCUT2D eigenvalue weighted by Crippen LogP contribution is 2.18. The van der Waals surface area contributed by atoms with Crippen LogP contribution in [0.3, 0.4) is 0 Å². The summed E-state index contributed by atoms with van der Waals surface area (Å²) in [5.74, 6) is 0.0992. The first kappa shape index (κ1) is 14.5. The van der Waals surface area contributed by atoms with E-state index in [-0.39, 0.29) is 12.4 Å². The maximum Gasteiger partial charge on any atom is 0.143 e. The largest absolute Gasteiger partial charge is 0.389 e. The monoisotopic (exact) mass is 336 g/mol. The number of hydrogen-bond donors (Lipinski definition) is 1. The van der Waals surface area contributed by atoms with Gasteiger partial charge in [-0.1, -0.05) is 57.5 Å². The van der Waals surface area contributed by atoms with Crippen LogP contribution in [-0.2, 0) is 17.9 Å². The standard InChI is InChI=1S/C15H14BrFN2O/c16-14-9-13(17)7-6-12(14)10-20-19-15(18)8-11-4-2-1-3-5-11/h1-7,9H,8,10H2,(H2,18,19). The van der Waals surface area contributed by atoms with Gasteiger partial charge in [-0.25, -0.2) is 4.39 Å². The molecule has 20 heavy (non-hydrogen) atoms. The molecule has 2 rings (SSSR count). The lowest BCUT2D eigenvalue weighted by Crippen LogP contribution is -2.15. The van der Waals surface area contributed by atoms with E-state index in [9.17, 15) is 4.39 Å². The fourth-order valence-corrected chi connectivity index (χ4v) is 2.13. The summed E-state index contributed by atoms with van der Waals surface area (Å²) in [6.45, 7) is 0.232. The highest BCUT2D eigenvalue weighted by Gasteiger charge is 2.02. The van der Waals surface area contributed by atoms with Gasteiger partial charge in [-0.2, -0.15) is 0 Å². The van der Waals surface area contributed by atoms with Crippen molar-refractivity contribution in [3.63, 3.8) is 0 Å². The van der Waals surface area contributed by atoms with Gasteiger partial charge in [0.1, 0.15) is 18.3 Å². The Balaban J connectivity index is 1.89. The van der Waals surface area contributed by atoms with Crippen molar-refractivity contribution < 1.29 is 9.23 Å². The Morgan fingerprint density at radius 1 is 1.20 bits per heavy atom. The van der Waals surface area contributed by atoms with Gasteiger partial charge < -0.3 is 10.6 Å². The second-order valence-corrected chi connectivity index (χ2v) is 5.11. The van der Waals surface area contributed by atoms with Crippen molar-refractivity contribution in [1.82, 2.24) is 0 Å². The van der Waals surface area contributed by atoms with Gasteiger partial charge in [0, 0.05) is 16.5 Å². The SMILES string of the molecule is NC(Cc1ccccc1)=NOCc1ccc(F)cc1Br. The van der Waals surface area contributed by atoms with Crippen LogP contribution in [0.15, 0.2) is 58.2 Å². The van der Waals surface area contributed by atoms with E-state index < -0.39 is 0 Å². The molecule has 2 N–H and O–H groups in total. The zero-order valence-corrected chi connectivity index (χ0v) is 12.3. The molecule has 0 atom stereocenters. The van der Waals surface area contributed by atoms with Gasteiger partial charge in [0.05, 0.1) is 0 Å². The van der Waals surface area contributed by atoms with Crippen molar-refractivity contribution >= 4 is 21.8 Å². The van der Waals surface area contributed by atoms with E-state index >= 15 is 0 Å². The molecule has 0 heterocycles. The molecule has 0 aliphatic carbocycles. The van der Waals surface area contributed by atoms with Crippen LogP contribution >= 0.6 is 15.9 Å². The van der Waals surface area contributed by atoms with Crippen LogP contribution in [0.25, 0.3) is 0 Å². The lowest BCUT2D eigenvalue weighted by atomic mass is 10.1. The third kappa shape index (κ3) is 4.35. The molecule has 0 aromatic heterocycles. The van der Waals surface area contributed by atoms with Crippen molar-refractivity contribution in [2.45, 2.75) is 13.0 Å². The molecule has 5 heteroatoms. The Bertz CT molecular complexity index is 602. The topological polar surface area (TPSA) is 47.6 Å². The number of halogens is 2. The average molecular weight is 337 g/mol. The Morgan fingerprint density at radius 3 is 2.65 bits per heavy atom. The minimum absolute atomic E-state index is 0.232. The molecule has 0 spiro atoms. The molecule has 0 aliphatic rings. The van der Waals surface area contributed by atoms with Crippen molar-refractivity contribution in [1.29, 1.82) is 0 Å². The van der Waals surface area contributed by atoms with Crippen molar-refractivity contribution in [3.05, 3.63) is 69.9 Å². The summed E-state index contributed by atoms with van der Waals surface area (Å²) >= 11 is 3.27. The van der Waals surface area contributed by atoms with Gasteiger partial charge in [-0.3, -0.25) is 0 Å². The number of hydrogen-bond acceptors (Lipinski definition) is 2. The molecule has 2 aromatic rings. The van der Waals surface area contributed by atoms with Crippen LogP contribution in [0, 0.1) is 5.82 Å². The Kier molecular flexibility index (Phi) is 5.12. The molecule has 0 saturated heterocycles. The lowest BCUT2D eigenvalue weighted by molar-refractivity contribution is 0.129. The van der Waals surface area contributed by atoms with Crippen LogP contribution in [0.5, 0.6) is 0 Å². The predicted molar refractivity (Wildman–Crippen MR) is 80.7 cm³/mol. The van der Waals surface area contributed by atoms with Crippen LogP contribution < -0.4 is 5.73 Å². The molecule has 2 aromatic carbocycles. The molecule has 0 saturated carbocycles. The van der Waals surface area contributed by atoms with Crippen LogP contribution in [0.2, 0.25) is 0 Å². The maximum atomic E-state index is 12.9. The fourth-order valence-electron chi connectivity index (χ4n) is 1.66. The summed E-state index contributed by atoms with van der Waals surface area (Å²) in [4.78, 5) is 5.18. The van der Waals surface area contributed by atoms with Gasteiger partial charge in [0.25, 0.3) is 0 Å². The lowest BCUT2D eigenvalue weighted by Gasteiger charge is -2.05. The highest BCUT2D eigenvalue weighted by atomic mass is 79.9. The molecular formula is C15H14BrFN2O. The molecule has 3 nitrogen and oxygen atoms in total. The maximum absolute atomic E-state index is 12.9. The van der Waals surface area contributed by atoms with Crippen molar-refractivity contribution in [3.8, 4) is 0 Å². The molecule has 0 fully saturated rings. The zero-order valence-electron chi connectivity index (χ0n) is 10.7. The number of rotatable bonds is 5. The molecule has 0 bridgehead atoms. The first-order valence-electron chi connectivity index (χ1n) is 6.07. The van der Waals surface area contributed by atoms with Crippen LogP contribution in [-0.4, -0.2) is 5.84 Å². The number of oxime groups is 1. The second-order valence-electron chi connectivity index (χ2n) is 4.25. The number of benzene rings is 2. The quantitative estimate of drug-likeness (QED) is 0.515. The Labute approximate surface area is 125 Å². The van der Waals surface area contributed by atoms with E-state index in [4.69, 9.17) is 10.6 Å². The van der Waals surface area contributed by atoms with Crippen LogP contribution in [0.1, 0.15) is 11.1 Å². The summed E-state index contributed by atoms with van der Waals surface area (Å²) in [6.07, 6.45) is 0.533. The van der Waals surface area contributed by atoms with Crippen LogP contribution in [0.4, 0.5) is 4.39 Å². The van der Waals surface area contributed by atoms with Gasteiger partial charge >= 0.3 is 0 Å². The molecule has 104 valence electrons. The zero-order chi connectivity index (χ0) is 14.4. The first-order chi connectivity index (χ1) is 9.65. The molecule has 0 radical (unpaired) electrons. The van der Waals surface area contributed by atoms with E-state index in [1.807, 2.05) is 30.3 Å². The van der Waals surface area contributed by atoms with Gasteiger partial charge in [0.2, 0.25) is 0 Å². The Hall–Kier alpha value is -1.88. The smallest absolute Gasteiger partial charge is 0.143 e. The van der Waals surface area contributed by atoms with E-state index in [0.29, 0.717) is 16.7 Å². The summed E-state index contributed by atoms with van der Waals surface area (Å²) < 4.78 is 13.6. The number of nitrogens with zero attached hydrogens (tertiary/aromatic N) is 1. The number of nitrogens with two attached hydrogens (primary N) is 1. The number of amidine groups is 1. The normalized spacial score (nSPS) is 11.4. The van der Waals surface area contributed by atoms with Crippen molar-refractivity contribution in [2.75, 3.05) is 0 Å². The molecule has 0 unspecified atom stereocenters. The summed E-state index contributed by atoms with van der Waals surface area (Å²) in [6, 6.07) is 14.2. The summed E-state index contributed by atoms with van der Waals surface area (Å²) in [7, 11) is 0. The first-order valence-corrected chi connectivity index (χ1v) is 6.86. The fraction of sp³-hybridized carbons (Fsp3) is 0.133. The highest BCUT2D eigenvalue weighted by molar-refractivity contribution is 9.10. The molecule has 0 aliphatic heterocycles. The van der Waals surface area contributed by atoms with E-state index in [1.165, 1.54) is 12.1 Å². The summed E-state index contributed by atoms with van der Waals surface area (Å²) in [5, 5.41) is 3.86. The predicted octanol–water partition coefficient (Wildman–Crippen LogP) is 3.62. The van der Waals surface area contributed by atoms with Gasteiger partial charge in [-0.15, -0.1) is 0 Å². The van der Waals surface area contributed by atoms with E-state index in [1.54, 1.807) is 6.07 Å². The van der Waals surface area contributed by atoms with Crippen molar-refractivity contribution in [2.24, 2.45) is 10.9 Å². The molecular weight excluding hydrogens is 323 g/mol. The average Bonchev–Trinajstić information content (AvgIpc) is 2.42. The van der Waals surface area contributed by atoms with E-state index in [0.717, 1.165) is 11.1 Å². The third-order valence-electron chi connectivity index (χ3n) is 2.65. The molecule has 0 amide bonds. The Morgan fingerprint density at radius 2 is 1.95 bits per heavy atom. The summed E-state index contributed by atoms with van der Waals surface area (Å²) in [5.41, 5.74) is 7.66. The minimum Gasteiger partial charge on any atom is -0.389 e. The third-order valence-corrected chi connectivity index (χ3v) is 3.38. The second kappa shape index (κ2) is 7.05. The van der Waals surface area contributed by atoms with Gasteiger partial charge in [-0.05, 0) is 17.7 Å². The minimum atomic E-state index is -0.298. The van der Waals surface area contributed by atoms with Gasteiger partial charge in [0.15, 0.2) is 0 Å². The van der Waals surface area contributed by atoms with E-state index in [2.05, 4.69) is 21.1 Å².